The Bertz CT molecular complexity index is 532. The van der Waals surface area contributed by atoms with Crippen LogP contribution in [0.1, 0.15) is 15.4 Å². The van der Waals surface area contributed by atoms with Gasteiger partial charge in [-0.05, 0) is 34.3 Å². The number of halogens is 1. The van der Waals surface area contributed by atoms with Crippen LogP contribution in [-0.2, 0) is 7.05 Å². The van der Waals surface area contributed by atoms with Crippen molar-refractivity contribution in [2.75, 3.05) is 5.32 Å². The van der Waals surface area contributed by atoms with Gasteiger partial charge in [-0.15, -0.1) is 11.3 Å². The third-order valence-electron chi connectivity index (χ3n) is 2.07. The summed E-state index contributed by atoms with van der Waals surface area (Å²) in [6.07, 6.45) is 0. The maximum Gasteiger partial charge on any atom is 0.268 e. The molecule has 0 bridgehead atoms. The summed E-state index contributed by atoms with van der Waals surface area (Å²) in [6.45, 7) is 1.89. The number of carbonyl (C=O) groups excluding carboxylic acids is 1. The fourth-order valence-electron chi connectivity index (χ4n) is 1.36. The summed E-state index contributed by atoms with van der Waals surface area (Å²) < 4.78 is 2.46. The summed E-state index contributed by atoms with van der Waals surface area (Å²) in [5, 5.41) is 8.85. The highest BCUT2D eigenvalue weighted by molar-refractivity contribution is 9.10. The molecule has 0 atom stereocenters. The first-order valence-electron chi connectivity index (χ1n) is 4.63. The summed E-state index contributed by atoms with van der Waals surface area (Å²) in [5.74, 6) is 0.577. The zero-order chi connectivity index (χ0) is 11.7. The number of carbonyl (C=O) groups is 1. The first-order valence-corrected chi connectivity index (χ1v) is 6.30. The molecule has 0 fully saturated rings. The van der Waals surface area contributed by atoms with Gasteiger partial charge in [0.15, 0.2) is 0 Å². The normalized spacial score (nSPS) is 10.4. The van der Waals surface area contributed by atoms with E-state index in [0.717, 1.165) is 10.2 Å². The molecule has 2 aromatic rings. The molecular weight excluding hydrogens is 290 g/mol. The molecule has 0 aliphatic rings. The van der Waals surface area contributed by atoms with E-state index in [2.05, 4.69) is 26.3 Å². The topological polar surface area (TPSA) is 46.9 Å². The molecule has 0 radical (unpaired) electrons. The highest BCUT2D eigenvalue weighted by Gasteiger charge is 2.13. The lowest BCUT2D eigenvalue weighted by Crippen LogP contribution is -2.13. The van der Waals surface area contributed by atoms with Crippen molar-refractivity contribution < 1.29 is 4.79 Å². The predicted octanol–water partition coefficient (Wildman–Crippen LogP) is 2.80. The number of nitrogens with zero attached hydrogens (tertiary/aromatic N) is 2. The molecule has 2 aromatic heterocycles. The van der Waals surface area contributed by atoms with Gasteiger partial charge in [-0.1, -0.05) is 0 Å². The molecule has 0 unspecified atom stereocenters. The zero-order valence-electron chi connectivity index (χ0n) is 8.82. The van der Waals surface area contributed by atoms with Crippen LogP contribution in [0.4, 0.5) is 5.82 Å². The van der Waals surface area contributed by atoms with Crippen molar-refractivity contribution in [3.8, 4) is 0 Å². The van der Waals surface area contributed by atoms with E-state index in [4.69, 9.17) is 0 Å². The van der Waals surface area contributed by atoms with Gasteiger partial charge in [0.05, 0.1) is 5.69 Å². The minimum atomic E-state index is -0.120. The van der Waals surface area contributed by atoms with Gasteiger partial charge in [0.25, 0.3) is 5.91 Å². The summed E-state index contributed by atoms with van der Waals surface area (Å²) in [7, 11) is 1.80. The standard InChI is InChI=1S/C10H10BrN3OS/c1-6-5-8(14(2)13-6)12-10(15)9-7(11)3-4-16-9/h3-5H,1-2H3,(H,12,15). The Morgan fingerprint density at radius 2 is 2.38 bits per heavy atom. The molecule has 1 amide bonds. The van der Waals surface area contributed by atoms with Crippen LogP contribution in [0.3, 0.4) is 0 Å². The smallest absolute Gasteiger partial charge is 0.268 e. The van der Waals surface area contributed by atoms with Gasteiger partial charge in [0.1, 0.15) is 10.7 Å². The molecule has 1 N–H and O–H groups in total. The number of anilines is 1. The molecule has 0 saturated carbocycles. The minimum absolute atomic E-state index is 0.120. The molecule has 0 saturated heterocycles. The van der Waals surface area contributed by atoms with Crippen LogP contribution >= 0.6 is 27.3 Å². The van der Waals surface area contributed by atoms with Gasteiger partial charge in [0.2, 0.25) is 0 Å². The molecule has 6 heteroatoms. The molecule has 4 nitrogen and oxygen atoms in total. The van der Waals surface area contributed by atoms with E-state index in [-0.39, 0.29) is 5.91 Å². The highest BCUT2D eigenvalue weighted by Crippen LogP contribution is 2.23. The first kappa shape index (κ1) is 11.3. The van der Waals surface area contributed by atoms with E-state index in [0.29, 0.717) is 10.7 Å². The average molecular weight is 300 g/mol. The number of amides is 1. The molecule has 2 heterocycles. The zero-order valence-corrected chi connectivity index (χ0v) is 11.2. The van der Waals surface area contributed by atoms with Crippen molar-refractivity contribution in [2.45, 2.75) is 6.92 Å². The largest absolute Gasteiger partial charge is 0.306 e. The third-order valence-corrected chi connectivity index (χ3v) is 3.90. The molecule has 0 aromatic carbocycles. The lowest BCUT2D eigenvalue weighted by Gasteiger charge is -2.03. The Kier molecular flexibility index (Phi) is 3.11. The van der Waals surface area contributed by atoms with Gasteiger partial charge in [0, 0.05) is 17.6 Å². The predicted molar refractivity (Wildman–Crippen MR) is 67.9 cm³/mol. The van der Waals surface area contributed by atoms with E-state index in [1.807, 2.05) is 24.4 Å². The van der Waals surface area contributed by atoms with Crippen LogP contribution in [0.5, 0.6) is 0 Å². The summed E-state index contributed by atoms with van der Waals surface area (Å²) in [4.78, 5) is 12.6. The maximum absolute atomic E-state index is 11.9. The fourth-order valence-corrected chi connectivity index (χ4v) is 2.80. The minimum Gasteiger partial charge on any atom is -0.306 e. The van der Waals surface area contributed by atoms with E-state index in [1.165, 1.54) is 11.3 Å². The average Bonchev–Trinajstić information content (AvgIpc) is 2.74. The van der Waals surface area contributed by atoms with E-state index in [1.54, 1.807) is 11.7 Å². The van der Waals surface area contributed by atoms with Crippen LogP contribution in [0.15, 0.2) is 22.0 Å². The quantitative estimate of drug-likeness (QED) is 0.927. The fraction of sp³-hybridized carbons (Fsp3) is 0.200. The van der Waals surface area contributed by atoms with Crippen molar-refractivity contribution in [2.24, 2.45) is 7.05 Å². The van der Waals surface area contributed by atoms with Crippen molar-refractivity contribution in [3.05, 3.63) is 32.6 Å². The second-order valence-electron chi connectivity index (χ2n) is 3.35. The molecule has 0 spiro atoms. The summed E-state index contributed by atoms with van der Waals surface area (Å²) >= 11 is 4.73. The number of thiophene rings is 1. The third kappa shape index (κ3) is 2.17. The Hall–Kier alpha value is -1.14. The number of aryl methyl sites for hydroxylation is 2. The van der Waals surface area contributed by atoms with Crippen LogP contribution in [0.25, 0.3) is 0 Å². The van der Waals surface area contributed by atoms with E-state index >= 15 is 0 Å². The Morgan fingerprint density at radius 3 is 2.88 bits per heavy atom. The molecule has 2 rings (SSSR count). The number of aromatic nitrogens is 2. The number of hydrogen-bond donors (Lipinski definition) is 1. The van der Waals surface area contributed by atoms with Crippen LogP contribution in [-0.4, -0.2) is 15.7 Å². The van der Waals surface area contributed by atoms with Gasteiger partial charge in [-0.3, -0.25) is 9.48 Å². The maximum atomic E-state index is 11.9. The molecule has 0 aliphatic carbocycles. The Balaban J connectivity index is 2.20. The van der Waals surface area contributed by atoms with Crippen molar-refractivity contribution in [3.63, 3.8) is 0 Å². The number of rotatable bonds is 2. The van der Waals surface area contributed by atoms with Crippen molar-refractivity contribution in [1.29, 1.82) is 0 Å². The van der Waals surface area contributed by atoms with Crippen LogP contribution < -0.4 is 5.32 Å². The van der Waals surface area contributed by atoms with Gasteiger partial charge < -0.3 is 5.32 Å². The monoisotopic (exact) mass is 299 g/mol. The van der Waals surface area contributed by atoms with Gasteiger partial charge in [-0.2, -0.15) is 5.10 Å². The van der Waals surface area contributed by atoms with Gasteiger partial charge >= 0.3 is 0 Å². The lowest BCUT2D eigenvalue weighted by atomic mass is 10.4. The Labute approximate surface area is 105 Å². The number of nitrogens with one attached hydrogen (secondary N) is 1. The molecular formula is C10H10BrN3OS. The van der Waals surface area contributed by atoms with Crippen molar-refractivity contribution >= 4 is 39.0 Å². The molecule has 0 aliphatic heterocycles. The summed E-state index contributed by atoms with van der Waals surface area (Å²) in [6, 6.07) is 3.69. The van der Waals surface area contributed by atoms with Crippen LogP contribution in [0, 0.1) is 6.92 Å². The second kappa shape index (κ2) is 4.39. The Morgan fingerprint density at radius 1 is 1.62 bits per heavy atom. The second-order valence-corrected chi connectivity index (χ2v) is 5.12. The van der Waals surface area contributed by atoms with E-state index < -0.39 is 0 Å². The number of hydrogen-bond acceptors (Lipinski definition) is 3. The van der Waals surface area contributed by atoms with Crippen molar-refractivity contribution in [1.82, 2.24) is 9.78 Å². The van der Waals surface area contributed by atoms with E-state index in [9.17, 15) is 4.79 Å². The van der Waals surface area contributed by atoms with Gasteiger partial charge in [-0.25, -0.2) is 0 Å². The molecule has 84 valence electrons. The highest BCUT2D eigenvalue weighted by atomic mass is 79.9. The lowest BCUT2D eigenvalue weighted by molar-refractivity contribution is 0.102. The first-order chi connectivity index (χ1) is 7.58. The van der Waals surface area contributed by atoms with Crippen LogP contribution in [0.2, 0.25) is 0 Å². The SMILES string of the molecule is Cc1cc(NC(=O)c2sccc2Br)n(C)n1. The molecule has 16 heavy (non-hydrogen) atoms. The summed E-state index contributed by atoms with van der Waals surface area (Å²) in [5.41, 5.74) is 0.878.